The zero-order valence-corrected chi connectivity index (χ0v) is 24.6. The van der Waals surface area contributed by atoms with E-state index in [1.807, 2.05) is 36.1 Å². The molecule has 3 aromatic rings. The van der Waals surface area contributed by atoms with E-state index in [-0.39, 0.29) is 17.7 Å². The molecule has 0 bridgehead atoms. The van der Waals surface area contributed by atoms with Crippen molar-refractivity contribution in [1.29, 1.82) is 0 Å². The van der Waals surface area contributed by atoms with Gasteiger partial charge < -0.3 is 19.2 Å². The first kappa shape index (κ1) is 28.4. The van der Waals surface area contributed by atoms with Gasteiger partial charge in [0, 0.05) is 41.2 Å². The van der Waals surface area contributed by atoms with Crippen molar-refractivity contribution in [1.82, 2.24) is 9.97 Å². The number of carboxylic acids is 1. The molecule has 3 aliphatic carbocycles. The molecule has 8 nitrogen and oxygen atoms in total. The number of nitrogens with zero attached hydrogens (tertiary/aromatic N) is 3. The average molecular weight is 572 g/mol. The van der Waals surface area contributed by atoms with E-state index in [1.165, 1.54) is 0 Å². The van der Waals surface area contributed by atoms with Crippen LogP contribution < -0.4 is 9.64 Å². The summed E-state index contributed by atoms with van der Waals surface area (Å²) in [5, 5.41) is 9.47. The van der Waals surface area contributed by atoms with Crippen LogP contribution in [0.2, 0.25) is 0 Å². The number of benzene rings is 1. The summed E-state index contributed by atoms with van der Waals surface area (Å²) < 4.78 is 11.1. The monoisotopic (exact) mass is 571 g/mol. The predicted octanol–water partition coefficient (Wildman–Crippen LogP) is 7.13. The molecule has 0 saturated heterocycles. The van der Waals surface area contributed by atoms with Crippen LogP contribution in [-0.4, -0.2) is 40.6 Å². The van der Waals surface area contributed by atoms with Gasteiger partial charge in [-0.3, -0.25) is 14.6 Å². The summed E-state index contributed by atoms with van der Waals surface area (Å²) in [5.74, 6) is 1.73. The third-order valence-corrected chi connectivity index (χ3v) is 9.58. The molecule has 0 unspecified atom stereocenters. The quantitative estimate of drug-likeness (QED) is 0.291. The number of carboxylic acid groups (broad SMARTS) is 1. The standard InChI is InChI=1S/C34H41N3O5/c1-21-31(41-2)17-16-29(35-21)23-8-6-22(7-9-23)19-37(33(38)25-12-14-26(15-13-25)34(39)40)28-5-3-4-27(18-28)30-20-42-32(36-30)24-10-11-24/h3-5,16-18,20,22-26H,6-15,19H2,1-2H3,(H,39,40). The van der Waals surface area contributed by atoms with E-state index in [1.54, 1.807) is 13.4 Å². The Bertz CT molecular complexity index is 1410. The molecule has 2 aromatic heterocycles. The first-order valence-electron chi connectivity index (χ1n) is 15.5. The summed E-state index contributed by atoms with van der Waals surface area (Å²) in [6.07, 6.45) is 10.5. The zero-order valence-electron chi connectivity index (χ0n) is 24.6. The second-order valence-corrected chi connectivity index (χ2v) is 12.5. The van der Waals surface area contributed by atoms with E-state index < -0.39 is 5.97 Å². The first-order valence-corrected chi connectivity index (χ1v) is 15.5. The van der Waals surface area contributed by atoms with Crippen molar-refractivity contribution in [2.75, 3.05) is 18.6 Å². The second kappa shape index (κ2) is 12.3. The third kappa shape index (κ3) is 6.22. The Hall–Kier alpha value is -3.68. The molecule has 3 aliphatic rings. The van der Waals surface area contributed by atoms with Crippen LogP contribution in [0.3, 0.4) is 0 Å². The number of carbonyl (C=O) groups excluding carboxylic acids is 1. The lowest BCUT2D eigenvalue weighted by molar-refractivity contribution is -0.144. The molecular weight excluding hydrogens is 530 g/mol. The fourth-order valence-corrected chi connectivity index (χ4v) is 6.81. The van der Waals surface area contributed by atoms with Crippen LogP contribution in [0.25, 0.3) is 11.3 Å². The van der Waals surface area contributed by atoms with Gasteiger partial charge in [-0.05, 0) is 101 Å². The van der Waals surface area contributed by atoms with Crippen LogP contribution in [0.5, 0.6) is 5.75 Å². The van der Waals surface area contributed by atoms with Gasteiger partial charge in [0.05, 0.1) is 18.7 Å². The van der Waals surface area contributed by atoms with E-state index >= 15 is 0 Å². The number of ether oxygens (including phenoxy) is 1. The maximum atomic E-state index is 14.1. The molecule has 222 valence electrons. The molecule has 0 spiro atoms. The summed E-state index contributed by atoms with van der Waals surface area (Å²) in [4.78, 5) is 37.2. The number of oxazole rings is 1. The lowest BCUT2D eigenvalue weighted by atomic mass is 9.79. The van der Waals surface area contributed by atoms with Crippen LogP contribution >= 0.6 is 0 Å². The van der Waals surface area contributed by atoms with E-state index in [4.69, 9.17) is 19.1 Å². The minimum Gasteiger partial charge on any atom is -0.495 e. The van der Waals surface area contributed by atoms with Crippen molar-refractivity contribution in [2.24, 2.45) is 17.8 Å². The normalized spacial score (nSPS) is 24.2. The lowest BCUT2D eigenvalue weighted by Gasteiger charge is -2.36. The molecule has 0 aliphatic heterocycles. The average Bonchev–Trinajstić information content (AvgIpc) is 3.75. The molecular formula is C34H41N3O5. The van der Waals surface area contributed by atoms with Gasteiger partial charge in [0.1, 0.15) is 17.7 Å². The van der Waals surface area contributed by atoms with Gasteiger partial charge in [-0.15, -0.1) is 0 Å². The van der Waals surface area contributed by atoms with Crippen molar-refractivity contribution in [2.45, 2.75) is 83.0 Å². The Morgan fingerprint density at radius 3 is 2.31 bits per heavy atom. The Morgan fingerprint density at radius 2 is 1.64 bits per heavy atom. The maximum Gasteiger partial charge on any atom is 0.306 e. The molecule has 2 heterocycles. The van der Waals surface area contributed by atoms with Crippen LogP contribution in [0.4, 0.5) is 5.69 Å². The number of aromatic nitrogens is 2. The minimum atomic E-state index is -0.748. The Balaban J connectivity index is 1.19. The zero-order chi connectivity index (χ0) is 29.2. The van der Waals surface area contributed by atoms with Crippen LogP contribution in [0, 0.1) is 24.7 Å². The van der Waals surface area contributed by atoms with Crippen molar-refractivity contribution < 1.29 is 23.8 Å². The third-order valence-electron chi connectivity index (χ3n) is 9.58. The van der Waals surface area contributed by atoms with Crippen molar-refractivity contribution in [3.8, 4) is 17.0 Å². The highest BCUT2D eigenvalue weighted by Gasteiger charge is 2.35. The molecule has 3 fully saturated rings. The summed E-state index contributed by atoms with van der Waals surface area (Å²) in [6.45, 7) is 2.65. The second-order valence-electron chi connectivity index (χ2n) is 12.5. The van der Waals surface area contributed by atoms with Gasteiger partial charge in [-0.2, -0.15) is 0 Å². The summed E-state index contributed by atoms with van der Waals surface area (Å²) in [5.41, 5.74) is 4.67. The van der Waals surface area contributed by atoms with Crippen molar-refractivity contribution in [3.05, 3.63) is 59.9 Å². The van der Waals surface area contributed by atoms with Gasteiger partial charge in [0.2, 0.25) is 5.91 Å². The molecule has 3 saturated carbocycles. The number of aliphatic carboxylic acids is 1. The Kier molecular flexibility index (Phi) is 8.31. The number of pyridine rings is 1. The first-order chi connectivity index (χ1) is 20.4. The summed E-state index contributed by atoms with van der Waals surface area (Å²) >= 11 is 0. The van der Waals surface area contributed by atoms with Gasteiger partial charge in [-0.25, -0.2) is 4.98 Å². The molecule has 42 heavy (non-hydrogen) atoms. The smallest absolute Gasteiger partial charge is 0.306 e. The Labute approximate surface area is 247 Å². The molecule has 6 rings (SSSR count). The van der Waals surface area contributed by atoms with E-state index in [0.717, 1.165) is 78.5 Å². The Morgan fingerprint density at radius 1 is 0.929 bits per heavy atom. The van der Waals surface area contributed by atoms with Gasteiger partial charge >= 0.3 is 5.97 Å². The number of anilines is 1. The van der Waals surface area contributed by atoms with Gasteiger partial charge in [0.25, 0.3) is 0 Å². The van der Waals surface area contributed by atoms with Gasteiger partial charge in [0.15, 0.2) is 5.89 Å². The van der Waals surface area contributed by atoms with Crippen molar-refractivity contribution >= 4 is 17.6 Å². The largest absolute Gasteiger partial charge is 0.495 e. The molecule has 1 N–H and O–H groups in total. The highest BCUT2D eigenvalue weighted by Crippen LogP contribution is 2.41. The minimum absolute atomic E-state index is 0.115. The molecule has 1 amide bonds. The lowest BCUT2D eigenvalue weighted by Crippen LogP contribution is -2.41. The SMILES string of the molecule is COc1ccc(C2CCC(CN(C(=O)C3CCC(C(=O)O)CC3)c3cccc(-c4coc(C5CC5)n4)c3)CC2)nc1C. The number of rotatable bonds is 9. The van der Waals surface area contributed by atoms with E-state index in [2.05, 4.69) is 12.1 Å². The highest BCUT2D eigenvalue weighted by atomic mass is 16.5. The van der Waals surface area contributed by atoms with Crippen LogP contribution in [-0.2, 0) is 9.59 Å². The number of amides is 1. The van der Waals surface area contributed by atoms with Crippen LogP contribution in [0.1, 0.15) is 93.3 Å². The van der Waals surface area contributed by atoms with E-state index in [9.17, 15) is 14.7 Å². The topological polar surface area (TPSA) is 106 Å². The number of carbonyl (C=O) groups is 2. The number of methoxy groups -OCH3 is 1. The highest BCUT2D eigenvalue weighted by molar-refractivity contribution is 5.95. The molecule has 0 atom stereocenters. The number of aryl methyl sites for hydroxylation is 1. The summed E-state index contributed by atoms with van der Waals surface area (Å²) in [6, 6.07) is 12.2. The fraction of sp³-hybridized carbons (Fsp3) is 0.529. The van der Waals surface area contributed by atoms with Crippen LogP contribution in [0.15, 0.2) is 47.1 Å². The molecule has 1 aromatic carbocycles. The number of hydrogen-bond acceptors (Lipinski definition) is 6. The predicted molar refractivity (Wildman–Crippen MR) is 160 cm³/mol. The van der Waals surface area contributed by atoms with E-state index in [0.29, 0.717) is 50.0 Å². The fourth-order valence-electron chi connectivity index (χ4n) is 6.81. The number of hydrogen-bond donors (Lipinski definition) is 1. The van der Waals surface area contributed by atoms with Gasteiger partial charge in [-0.1, -0.05) is 12.1 Å². The van der Waals surface area contributed by atoms with Crippen molar-refractivity contribution in [3.63, 3.8) is 0 Å². The molecule has 8 heteroatoms. The maximum absolute atomic E-state index is 14.1. The summed E-state index contributed by atoms with van der Waals surface area (Å²) in [7, 11) is 1.67. The molecule has 0 radical (unpaired) electrons.